The minimum absolute atomic E-state index is 0.0203. The summed E-state index contributed by atoms with van der Waals surface area (Å²) in [6.45, 7) is 4.25. The van der Waals surface area contributed by atoms with E-state index in [9.17, 15) is 15.0 Å². The van der Waals surface area contributed by atoms with Crippen molar-refractivity contribution in [3.05, 3.63) is 155 Å². The molecule has 274 valence electrons. The van der Waals surface area contributed by atoms with E-state index >= 15 is 0 Å². The van der Waals surface area contributed by atoms with Crippen LogP contribution in [0.4, 0.5) is 16.2 Å². The van der Waals surface area contributed by atoms with E-state index < -0.39 is 11.9 Å². The first-order valence-electron chi connectivity index (χ1n) is 18.0. The van der Waals surface area contributed by atoms with Crippen molar-refractivity contribution in [2.75, 3.05) is 30.3 Å². The number of rotatable bonds is 10. The summed E-state index contributed by atoms with van der Waals surface area (Å²) in [5, 5.41) is 27.5. The number of nitrogens with one attached hydrogen (secondary N) is 2. The van der Waals surface area contributed by atoms with E-state index in [2.05, 4.69) is 22.5 Å². The second-order valence-corrected chi connectivity index (χ2v) is 14.2. The number of ether oxygens (including phenoxy) is 3. The van der Waals surface area contributed by atoms with Crippen molar-refractivity contribution in [2.24, 2.45) is 5.92 Å². The molecule has 2 saturated heterocycles. The number of anilines is 2. The first-order valence-corrected chi connectivity index (χ1v) is 18.3. The Hall–Kier alpha value is -4.74. The van der Waals surface area contributed by atoms with Crippen LogP contribution >= 0.6 is 11.6 Å². The number of hydrogen-bond donors (Lipinski definition) is 4. The highest BCUT2D eigenvalue weighted by Crippen LogP contribution is 2.43. The van der Waals surface area contributed by atoms with E-state index in [4.69, 9.17) is 25.8 Å². The first-order chi connectivity index (χ1) is 25.7. The van der Waals surface area contributed by atoms with Gasteiger partial charge in [-0.15, -0.1) is 0 Å². The Kier molecular flexibility index (Phi) is 11.4. The molecule has 2 fully saturated rings. The van der Waals surface area contributed by atoms with Crippen LogP contribution in [0.2, 0.25) is 5.02 Å². The molecule has 9 nitrogen and oxygen atoms in total. The predicted octanol–water partition coefficient (Wildman–Crippen LogP) is 9.04. The van der Waals surface area contributed by atoms with Crippen LogP contribution < -0.4 is 15.4 Å². The zero-order valence-corrected chi connectivity index (χ0v) is 30.3. The van der Waals surface area contributed by atoms with Gasteiger partial charge in [-0.3, -0.25) is 0 Å². The topological polar surface area (TPSA) is 113 Å². The number of amides is 2. The maximum atomic E-state index is 12.8. The molecule has 4 N–H and O–H groups in total. The van der Waals surface area contributed by atoms with E-state index in [0.717, 1.165) is 41.1 Å². The molecule has 5 aromatic carbocycles. The fourth-order valence-electron chi connectivity index (χ4n) is 6.98. The lowest BCUT2D eigenvalue weighted by atomic mass is 9.84. The maximum Gasteiger partial charge on any atom is 0.323 e. The molecule has 2 heterocycles. The van der Waals surface area contributed by atoms with Gasteiger partial charge < -0.3 is 40.0 Å². The van der Waals surface area contributed by atoms with Crippen molar-refractivity contribution in [2.45, 2.75) is 50.5 Å². The largest absolute Gasteiger partial charge is 0.457 e. The normalized spacial score (nSPS) is 21.4. The number of carbonyl (C=O) groups is 1. The monoisotopic (exact) mass is 733 g/mol. The number of likely N-dealkylation sites (tertiary alicyclic amines) is 1. The molecule has 0 spiro atoms. The number of nitrogens with zero attached hydrogens (tertiary/aromatic N) is 1. The van der Waals surface area contributed by atoms with E-state index in [1.165, 1.54) is 0 Å². The molecule has 10 heteroatoms. The van der Waals surface area contributed by atoms with Gasteiger partial charge in [-0.1, -0.05) is 85.3 Å². The summed E-state index contributed by atoms with van der Waals surface area (Å²) in [6.07, 6.45) is 0.158. The number of hydrogen-bond acceptors (Lipinski definition) is 7. The summed E-state index contributed by atoms with van der Waals surface area (Å²) >= 11 is 6.10. The third-order valence-corrected chi connectivity index (χ3v) is 10.4. The van der Waals surface area contributed by atoms with Crippen LogP contribution in [0.5, 0.6) is 11.5 Å². The van der Waals surface area contributed by atoms with Crippen molar-refractivity contribution in [3.63, 3.8) is 0 Å². The lowest BCUT2D eigenvalue weighted by molar-refractivity contribution is -0.277. The SMILES string of the molecule is C[C@H]1[C@@H](CN2CCC(O)(c3ccc(Cl)cc3)CC2)O[C@@H](c2ccc(NC(=O)Nc3ccc(Oc4ccccc4)cc3)cc2)O[C@H]1c1ccc(CO)cc1. The zero-order valence-electron chi connectivity index (χ0n) is 29.5. The average molecular weight is 734 g/mol. The van der Waals surface area contributed by atoms with Gasteiger partial charge >= 0.3 is 6.03 Å². The highest BCUT2D eigenvalue weighted by molar-refractivity contribution is 6.30. The molecular formula is C43H44ClN3O6. The molecule has 5 aromatic rings. The highest BCUT2D eigenvalue weighted by atomic mass is 35.5. The van der Waals surface area contributed by atoms with Gasteiger partial charge in [0.15, 0.2) is 6.29 Å². The summed E-state index contributed by atoms with van der Waals surface area (Å²) in [5.74, 6) is 1.43. The second kappa shape index (κ2) is 16.5. The fraction of sp³-hybridized carbons (Fsp3) is 0.279. The number of para-hydroxylation sites is 1. The number of aliphatic hydroxyl groups is 2. The lowest BCUT2D eigenvalue weighted by Crippen LogP contribution is -2.49. The number of halogens is 1. The van der Waals surface area contributed by atoms with Gasteiger partial charge in [-0.05, 0) is 90.2 Å². The van der Waals surface area contributed by atoms with Crippen molar-refractivity contribution in [3.8, 4) is 11.5 Å². The molecule has 0 unspecified atom stereocenters. The Balaban J connectivity index is 0.998. The molecule has 2 amide bonds. The summed E-state index contributed by atoms with van der Waals surface area (Å²) in [4.78, 5) is 15.2. The van der Waals surface area contributed by atoms with Gasteiger partial charge in [0.1, 0.15) is 11.5 Å². The van der Waals surface area contributed by atoms with Crippen LogP contribution in [0.25, 0.3) is 0 Å². The molecular weight excluding hydrogens is 690 g/mol. The smallest absolute Gasteiger partial charge is 0.323 e. The molecule has 53 heavy (non-hydrogen) atoms. The van der Waals surface area contributed by atoms with Gasteiger partial charge in [-0.25, -0.2) is 4.79 Å². The zero-order chi connectivity index (χ0) is 36.8. The quantitative estimate of drug-likeness (QED) is 0.113. The third kappa shape index (κ3) is 9.08. The van der Waals surface area contributed by atoms with Crippen LogP contribution in [0.1, 0.15) is 54.4 Å². The number of piperidine rings is 1. The minimum Gasteiger partial charge on any atom is -0.457 e. The van der Waals surface area contributed by atoms with E-state index in [1.54, 1.807) is 24.3 Å². The summed E-state index contributed by atoms with van der Waals surface area (Å²) in [7, 11) is 0. The second-order valence-electron chi connectivity index (χ2n) is 13.8. The van der Waals surface area contributed by atoms with Gasteiger partial charge in [0.25, 0.3) is 0 Å². The third-order valence-electron chi connectivity index (χ3n) is 10.2. The van der Waals surface area contributed by atoms with Crippen LogP contribution in [-0.4, -0.2) is 46.9 Å². The average Bonchev–Trinajstić information content (AvgIpc) is 3.18. The molecule has 0 aromatic heterocycles. The van der Waals surface area contributed by atoms with Gasteiger partial charge in [0.2, 0.25) is 0 Å². The number of urea groups is 1. The Labute approximate surface area is 315 Å². The number of carbonyl (C=O) groups excluding carboxylic acids is 1. The molecule has 2 aliphatic rings. The molecule has 0 saturated carbocycles. The Bertz CT molecular complexity index is 1930. The number of aliphatic hydroxyl groups excluding tert-OH is 1. The summed E-state index contributed by atoms with van der Waals surface area (Å²) in [6, 6.07) is 39.1. The van der Waals surface area contributed by atoms with Crippen molar-refractivity contribution >= 4 is 29.0 Å². The van der Waals surface area contributed by atoms with E-state index in [1.807, 2.05) is 103 Å². The van der Waals surface area contributed by atoms with Crippen LogP contribution in [-0.2, 0) is 21.7 Å². The molecule has 0 bridgehead atoms. The van der Waals surface area contributed by atoms with Crippen LogP contribution in [0, 0.1) is 5.92 Å². The standard InChI is InChI=1S/C43H44ClN3O6/c1-29-39(27-47-25-23-43(50,24-26-47)33-13-15-34(44)16-14-33)52-41(53-40(29)31-9-7-30(28-48)8-10-31)32-11-17-35(18-12-32)45-42(49)46-36-19-21-38(22-20-36)51-37-5-3-2-4-6-37/h2-22,29,39-41,48,50H,23-28H2,1H3,(H2,45,46,49)/t29-,39+,40+,41+/m0/s1. The van der Waals surface area contributed by atoms with Crippen molar-refractivity contribution in [1.29, 1.82) is 0 Å². The van der Waals surface area contributed by atoms with E-state index in [0.29, 0.717) is 41.5 Å². The Morgan fingerprint density at radius 1 is 0.792 bits per heavy atom. The number of benzene rings is 5. The van der Waals surface area contributed by atoms with Crippen LogP contribution in [0.3, 0.4) is 0 Å². The lowest BCUT2D eigenvalue weighted by Gasteiger charge is -2.45. The first kappa shape index (κ1) is 36.6. The fourth-order valence-corrected chi connectivity index (χ4v) is 7.11. The predicted molar refractivity (Wildman–Crippen MR) is 206 cm³/mol. The van der Waals surface area contributed by atoms with Gasteiger partial charge in [0.05, 0.1) is 24.4 Å². The van der Waals surface area contributed by atoms with E-state index in [-0.39, 0.29) is 30.8 Å². The van der Waals surface area contributed by atoms with Gasteiger partial charge in [0, 0.05) is 47.5 Å². The summed E-state index contributed by atoms with van der Waals surface area (Å²) in [5.41, 5.74) is 3.93. The Morgan fingerprint density at radius 3 is 2.00 bits per heavy atom. The molecule has 7 rings (SSSR count). The van der Waals surface area contributed by atoms with Crippen LogP contribution in [0.15, 0.2) is 127 Å². The highest BCUT2D eigenvalue weighted by Gasteiger charge is 2.41. The summed E-state index contributed by atoms with van der Waals surface area (Å²) < 4.78 is 19.2. The molecule has 0 radical (unpaired) electrons. The van der Waals surface area contributed by atoms with Crippen molar-refractivity contribution in [1.82, 2.24) is 4.90 Å². The molecule has 0 aliphatic carbocycles. The minimum atomic E-state index is -0.891. The Morgan fingerprint density at radius 2 is 1.38 bits per heavy atom. The van der Waals surface area contributed by atoms with Gasteiger partial charge in [-0.2, -0.15) is 0 Å². The maximum absolute atomic E-state index is 12.8. The molecule has 2 aliphatic heterocycles. The molecule has 4 atom stereocenters. The van der Waals surface area contributed by atoms with Crippen molar-refractivity contribution < 1.29 is 29.2 Å².